The van der Waals surface area contributed by atoms with Crippen molar-refractivity contribution in [3.8, 4) is 0 Å². The van der Waals surface area contributed by atoms with Crippen molar-refractivity contribution in [3.63, 3.8) is 0 Å². The molecule has 0 atom stereocenters. The van der Waals surface area contributed by atoms with Gasteiger partial charge in [-0.15, -0.1) is 23.5 Å². The van der Waals surface area contributed by atoms with E-state index in [1.807, 2.05) is 36.6 Å². The quantitative estimate of drug-likeness (QED) is 0.585. The second kappa shape index (κ2) is 6.53. The zero-order valence-corrected chi connectivity index (χ0v) is 9.88. The Labute approximate surface area is 97.1 Å². The molecule has 3 nitrogen and oxygen atoms in total. The van der Waals surface area contributed by atoms with Gasteiger partial charge in [0.15, 0.2) is 0 Å². The van der Waals surface area contributed by atoms with Crippen LogP contribution >= 0.6 is 23.5 Å². The molecule has 80 valence electrons. The molecule has 1 rings (SSSR count). The number of nitrogens with zero attached hydrogens (tertiary/aromatic N) is 1. The summed E-state index contributed by atoms with van der Waals surface area (Å²) in [6.07, 6.45) is 2.89. The lowest BCUT2D eigenvalue weighted by Gasteiger charge is -2.01. The van der Waals surface area contributed by atoms with Crippen LogP contribution in [0.1, 0.15) is 5.56 Å². The molecule has 0 aliphatic rings. The standard InChI is InChI=1S/C10H11NO2S2/c1-14-10(7-11(12)13)15-8-9-5-3-2-4-6-9/h2-7H,8H2,1H3/b10-7+. The highest BCUT2D eigenvalue weighted by atomic mass is 32.2. The van der Waals surface area contributed by atoms with E-state index in [1.54, 1.807) is 0 Å². The average molecular weight is 241 g/mol. The maximum Gasteiger partial charge on any atom is 0.254 e. The van der Waals surface area contributed by atoms with Gasteiger partial charge in [-0.2, -0.15) is 0 Å². The zero-order valence-electron chi connectivity index (χ0n) is 8.25. The van der Waals surface area contributed by atoms with Crippen LogP contribution in [0, 0.1) is 10.1 Å². The molecule has 5 heteroatoms. The predicted octanol–water partition coefficient (Wildman–Crippen LogP) is 3.36. The highest BCUT2D eigenvalue weighted by molar-refractivity contribution is 8.21. The van der Waals surface area contributed by atoms with E-state index in [2.05, 4.69) is 0 Å². The smallest absolute Gasteiger partial charge is 0.254 e. The molecular weight excluding hydrogens is 230 g/mol. The Morgan fingerprint density at radius 1 is 1.47 bits per heavy atom. The second-order valence-electron chi connectivity index (χ2n) is 2.71. The summed E-state index contributed by atoms with van der Waals surface area (Å²) in [5.41, 5.74) is 1.17. The highest BCUT2D eigenvalue weighted by Gasteiger charge is 2.02. The third kappa shape index (κ3) is 4.90. The van der Waals surface area contributed by atoms with E-state index in [-0.39, 0.29) is 0 Å². The third-order valence-corrected chi connectivity index (χ3v) is 3.86. The van der Waals surface area contributed by atoms with Crippen LogP contribution in [0.2, 0.25) is 0 Å². The number of rotatable bonds is 5. The molecule has 1 aromatic carbocycles. The van der Waals surface area contributed by atoms with Gasteiger partial charge in [0.05, 0.1) is 4.92 Å². The van der Waals surface area contributed by atoms with Gasteiger partial charge in [0, 0.05) is 5.75 Å². The van der Waals surface area contributed by atoms with Crippen LogP contribution < -0.4 is 0 Å². The highest BCUT2D eigenvalue weighted by Crippen LogP contribution is 2.29. The van der Waals surface area contributed by atoms with Crippen LogP contribution in [0.3, 0.4) is 0 Å². The van der Waals surface area contributed by atoms with Gasteiger partial charge in [0.2, 0.25) is 0 Å². The van der Waals surface area contributed by atoms with Gasteiger partial charge in [0.1, 0.15) is 4.24 Å². The number of hydrogen-bond acceptors (Lipinski definition) is 4. The van der Waals surface area contributed by atoms with Crippen molar-refractivity contribution < 1.29 is 4.92 Å². The first-order valence-electron chi connectivity index (χ1n) is 4.28. The molecule has 0 bridgehead atoms. The van der Waals surface area contributed by atoms with E-state index in [4.69, 9.17) is 0 Å². The van der Waals surface area contributed by atoms with E-state index in [0.717, 1.165) is 16.2 Å². The number of nitro groups is 1. The third-order valence-electron chi connectivity index (χ3n) is 1.64. The minimum atomic E-state index is -0.413. The summed E-state index contributed by atoms with van der Waals surface area (Å²) in [4.78, 5) is 9.87. The van der Waals surface area contributed by atoms with Crippen LogP contribution in [0.4, 0.5) is 0 Å². The predicted molar refractivity (Wildman–Crippen MR) is 66.3 cm³/mol. The lowest BCUT2D eigenvalue weighted by molar-refractivity contribution is -0.402. The van der Waals surface area contributed by atoms with E-state index >= 15 is 0 Å². The molecule has 15 heavy (non-hydrogen) atoms. The van der Waals surface area contributed by atoms with Gasteiger partial charge in [-0.05, 0) is 11.8 Å². The van der Waals surface area contributed by atoms with Crippen LogP contribution in [0.5, 0.6) is 0 Å². The molecule has 0 aliphatic carbocycles. The van der Waals surface area contributed by atoms with Crippen LogP contribution in [0.25, 0.3) is 0 Å². The van der Waals surface area contributed by atoms with E-state index in [9.17, 15) is 10.1 Å². The molecule has 0 N–H and O–H groups in total. The summed E-state index contributed by atoms with van der Waals surface area (Å²) in [5, 5.41) is 10.3. The van der Waals surface area contributed by atoms with Gasteiger partial charge in [-0.1, -0.05) is 30.3 Å². The van der Waals surface area contributed by atoms with Crippen molar-refractivity contribution in [1.29, 1.82) is 0 Å². The van der Waals surface area contributed by atoms with Crippen molar-refractivity contribution in [3.05, 3.63) is 56.4 Å². The molecule has 0 aliphatic heterocycles. The molecular formula is C10H11NO2S2. The Kier molecular flexibility index (Phi) is 5.28. The van der Waals surface area contributed by atoms with E-state index in [0.29, 0.717) is 0 Å². The zero-order chi connectivity index (χ0) is 11.1. The molecule has 0 aromatic heterocycles. The lowest BCUT2D eigenvalue weighted by atomic mass is 10.2. The molecule has 0 radical (unpaired) electrons. The van der Waals surface area contributed by atoms with Crippen LogP contribution in [-0.2, 0) is 5.75 Å². The molecule has 0 saturated carbocycles. The van der Waals surface area contributed by atoms with Crippen molar-refractivity contribution in [2.75, 3.05) is 6.26 Å². The van der Waals surface area contributed by atoms with Crippen molar-refractivity contribution in [1.82, 2.24) is 0 Å². The Morgan fingerprint density at radius 2 is 2.13 bits per heavy atom. The molecule has 1 aromatic rings. The largest absolute Gasteiger partial charge is 0.259 e. The van der Waals surface area contributed by atoms with Crippen LogP contribution in [0.15, 0.2) is 40.8 Å². The fraction of sp³-hybridized carbons (Fsp3) is 0.200. The Hall–Kier alpha value is -0.940. The summed E-state index contributed by atoms with van der Waals surface area (Å²) >= 11 is 2.89. The first-order valence-corrected chi connectivity index (χ1v) is 6.49. The van der Waals surface area contributed by atoms with Gasteiger partial charge in [0.25, 0.3) is 6.20 Å². The number of hydrogen-bond donors (Lipinski definition) is 0. The van der Waals surface area contributed by atoms with Gasteiger partial charge < -0.3 is 0 Å². The monoisotopic (exact) mass is 241 g/mol. The summed E-state index contributed by atoms with van der Waals surface area (Å²) in [6.45, 7) is 0. The van der Waals surface area contributed by atoms with Crippen molar-refractivity contribution in [2.45, 2.75) is 5.75 Å². The summed E-state index contributed by atoms with van der Waals surface area (Å²) < 4.78 is 0.726. The normalized spacial score (nSPS) is 11.4. The molecule has 0 amide bonds. The maximum atomic E-state index is 10.3. The molecule has 0 saturated heterocycles. The lowest BCUT2D eigenvalue weighted by Crippen LogP contribution is -1.86. The Bertz CT molecular complexity index is 352. The fourth-order valence-corrected chi connectivity index (χ4v) is 2.47. The van der Waals surface area contributed by atoms with Crippen molar-refractivity contribution in [2.24, 2.45) is 0 Å². The Balaban J connectivity index is 2.52. The van der Waals surface area contributed by atoms with Gasteiger partial charge in [-0.3, -0.25) is 10.1 Å². The summed E-state index contributed by atoms with van der Waals surface area (Å²) in [6, 6.07) is 9.91. The minimum absolute atomic E-state index is 0.413. The first kappa shape index (κ1) is 12.1. The average Bonchev–Trinajstić information content (AvgIpc) is 2.25. The SMILES string of the molecule is CS/C(=C\[N+](=O)[O-])SCc1ccccc1. The summed E-state index contributed by atoms with van der Waals surface area (Å²) in [5.74, 6) is 0.765. The van der Waals surface area contributed by atoms with Gasteiger partial charge >= 0.3 is 0 Å². The molecule has 0 unspecified atom stereocenters. The van der Waals surface area contributed by atoms with Crippen molar-refractivity contribution >= 4 is 23.5 Å². The first-order chi connectivity index (χ1) is 7.22. The fourth-order valence-electron chi connectivity index (χ4n) is 0.964. The number of benzene rings is 1. The number of thioether (sulfide) groups is 2. The van der Waals surface area contributed by atoms with E-state index < -0.39 is 4.92 Å². The van der Waals surface area contributed by atoms with E-state index in [1.165, 1.54) is 29.1 Å². The topological polar surface area (TPSA) is 43.1 Å². The minimum Gasteiger partial charge on any atom is -0.259 e. The summed E-state index contributed by atoms with van der Waals surface area (Å²) in [7, 11) is 0. The molecule has 0 heterocycles. The Morgan fingerprint density at radius 3 is 2.67 bits per heavy atom. The van der Waals surface area contributed by atoms with Gasteiger partial charge in [-0.25, -0.2) is 0 Å². The maximum absolute atomic E-state index is 10.3. The molecule has 0 spiro atoms. The second-order valence-corrected chi connectivity index (χ2v) is 4.84. The molecule has 0 fully saturated rings. The van der Waals surface area contributed by atoms with Crippen LogP contribution in [-0.4, -0.2) is 11.2 Å².